The second-order valence-corrected chi connectivity index (χ2v) is 4.79. The van der Waals surface area contributed by atoms with Gasteiger partial charge in [0.25, 0.3) is 0 Å². The van der Waals surface area contributed by atoms with Crippen molar-refractivity contribution >= 4 is 0 Å². The van der Waals surface area contributed by atoms with E-state index >= 15 is 0 Å². The molecule has 0 saturated heterocycles. The summed E-state index contributed by atoms with van der Waals surface area (Å²) in [6, 6.07) is 4.09. The van der Waals surface area contributed by atoms with Crippen molar-refractivity contribution in [3.63, 3.8) is 0 Å². The SMILES string of the molecule is Cc1ccc(CC2(O)CCCCC2)nc1. The monoisotopic (exact) mass is 205 g/mol. The van der Waals surface area contributed by atoms with Gasteiger partial charge in [-0.1, -0.05) is 25.3 Å². The van der Waals surface area contributed by atoms with Crippen molar-refractivity contribution in [3.05, 3.63) is 29.6 Å². The zero-order valence-corrected chi connectivity index (χ0v) is 9.37. The Hall–Kier alpha value is -0.890. The van der Waals surface area contributed by atoms with Gasteiger partial charge in [0.05, 0.1) is 5.60 Å². The van der Waals surface area contributed by atoms with Crippen LogP contribution in [0.3, 0.4) is 0 Å². The predicted molar refractivity (Wildman–Crippen MR) is 60.7 cm³/mol. The third-order valence-corrected chi connectivity index (χ3v) is 3.27. The minimum atomic E-state index is -0.486. The average Bonchev–Trinajstić information content (AvgIpc) is 2.22. The second kappa shape index (κ2) is 4.31. The summed E-state index contributed by atoms with van der Waals surface area (Å²) >= 11 is 0. The van der Waals surface area contributed by atoms with Crippen molar-refractivity contribution in [2.45, 2.75) is 51.0 Å². The number of pyridine rings is 1. The first-order valence-electron chi connectivity index (χ1n) is 5.82. The molecule has 0 radical (unpaired) electrons. The number of aryl methyl sites for hydroxylation is 1. The summed E-state index contributed by atoms with van der Waals surface area (Å²) in [5.74, 6) is 0. The van der Waals surface area contributed by atoms with Crippen molar-refractivity contribution in [1.82, 2.24) is 4.98 Å². The van der Waals surface area contributed by atoms with E-state index in [9.17, 15) is 5.11 Å². The number of aliphatic hydroxyl groups is 1. The Morgan fingerprint density at radius 2 is 2.00 bits per heavy atom. The van der Waals surface area contributed by atoms with Crippen LogP contribution in [0.25, 0.3) is 0 Å². The van der Waals surface area contributed by atoms with E-state index < -0.39 is 5.60 Å². The Morgan fingerprint density at radius 1 is 1.27 bits per heavy atom. The van der Waals surface area contributed by atoms with Gasteiger partial charge in [0.1, 0.15) is 0 Å². The van der Waals surface area contributed by atoms with Crippen LogP contribution >= 0.6 is 0 Å². The minimum absolute atomic E-state index is 0.486. The van der Waals surface area contributed by atoms with Crippen LogP contribution in [0, 0.1) is 6.92 Å². The standard InChI is InChI=1S/C13H19NO/c1-11-5-6-12(14-10-11)9-13(15)7-3-2-4-8-13/h5-6,10,15H,2-4,7-9H2,1H3. The van der Waals surface area contributed by atoms with Gasteiger partial charge in [0, 0.05) is 18.3 Å². The molecule has 2 heteroatoms. The van der Waals surface area contributed by atoms with Crippen molar-refractivity contribution in [2.75, 3.05) is 0 Å². The van der Waals surface area contributed by atoms with Crippen LogP contribution in [0.4, 0.5) is 0 Å². The maximum absolute atomic E-state index is 10.4. The van der Waals surface area contributed by atoms with Gasteiger partial charge >= 0.3 is 0 Å². The van der Waals surface area contributed by atoms with E-state index in [0.717, 1.165) is 31.4 Å². The van der Waals surface area contributed by atoms with Crippen LogP contribution < -0.4 is 0 Å². The smallest absolute Gasteiger partial charge is 0.0703 e. The van der Waals surface area contributed by atoms with E-state index in [-0.39, 0.29) is 0 Å². The molecule has 82 valence electrons. The summed E-state index contributed by atoms with van der Waals surface area (Å²) < 4.78 is 0. The van der Waals surface area contributed by atoms with Gasteiger partial charge in [-0.25, -0.2) is 0 Å². The number of hydrogen-bond donors (Lipinski definition) is 1. The van der Waals surface area contributed by atoms with Gasteiger partial charge < -0.3 is 5.11 Å². The molecule has 1 aromatic heterocycles. The summed E-state index contributed by atoms with van der Waals surface area (Å²) in [7, 11) is 0. The zero-order valence-electron chi connectivity index (χ0n) is 9.37. The van der Waals surface area contributed by atoms with Crippen LogP contribution in [0.5, 0.6) is 0 Å². The molecule has 0 unspecified atom stereocenters. The van der Waals surface area contributed by atoms with Crippen molar-refractivity contribution in [2.24, 2.45) is 0 Å². The summed E-state index contributed by atoms with van der Waals surface area (Å²) in [5.41, 5.74) is 1.71. The van der Waals surface area contributed by atoms with Crippen molar-refractivity contribution in [3.8, 4) is 0 Å². The molecule has 2 rings (SSSR count). The molecule has 1 aliphatic rings. The van der Waals surface area contributed by atoms with Gasteiger partial charge in [-0.15, -0.1) is 0 Å². The molecule has 1 heterocycles. The highest BCUT2D eigenvalue weighted by Gasteiger charge is 2.29. The third-order valence-electron chi connectivity index (χ3n) is 3.27. The lowest BCUT2D eigenvalue weighted by atomic mass is 9.81. The molecule has 1 aliphatic carbocycles. The van der Waals surface area contributed by atoms with E-state index in [1.807, 2.05) is 19.2 Å². The fraction of sp³-hybridized carbons (Fsp3) is 0.615. The molecular weight excluding hydrogens is 186 g/mol. The summed E-state index contributed by atoms with van der Waals surface area (Å²) in [6.07, 6.45) is 8.04. The molecule has 1 saturated carbocycles. The highest BCUT2D eigenvalue weighted by Crippen LogP contribution is 2.30. The Labute approximate surface area is 91.4 Å². The van der Waals surface area contributed by atoms with Crippen LogP contribution in [-0.2, 0) is 6.42 Å². The fourth-order valence-corrected chi connectivity index (χ4v) is 2.33. The van der Waals surface area contributed by atoms with E-state index in [4.69, 9.17) is 0 Å². The molecule has 2 nitrogen and oxygen atoms in total. The minimum Gasteiger partial charge on any atom is -0.389 e. The topological polar surface area (TPSA) is 33.1 Å². The van der Waals surface area contributed by atoms with Crippen LogP contribution in [-0.4, -0.2) is 15.7 Å². The molecule has 0 bridgehead atoms. The van der Waals surface area contributed by atoms with E-state index in [0.29, 0.717) is 6.42 Å². The lowest BCUT2D eigenvalue weighted by Gasteiger charge is -2.31. The van der Waals surface area contributed by atoms with Crippen molar-refractivity contribution < 1.29 is 5.11 Å². The highest BCUT2D eigenvalue weighted by molar-refractivity contribution is 5.14. The van der Waals surface area contributed by atoms with Crippen molar-refractivity contribution in [1.29, 1.82) is 0 Å². The number of rotatable bonds is 2. The Bertz CT molecular complexity index is 312. The first-order valence-corrected chi connectivity index (χ1v) is 5.82. The van der Waals surface area contributed by atoms with Gasteiger partial charge in [-0.2, -0.15) is 0 Å². The van der Waals surface area contributed by atoms with Crippen LogP contribution in [0.1, 0.15) is 43.4 Å². The van der Waals surface area contributed by atoms with Crippen LogP contribution in [0.15, 0.2) is 18.3 Å². The van der Waals surface area contributed by atoms with E-state index in [1.165, 1.54) is 12.0 Å². The summed E-state index contributed by atoms with van der Waals surface area (Å²) in [6.45, 7) is 2.03. The quantitative estimate of drug-likeness (QED) is 0.805. The Kier molecular flexibility index (Phi) is 3.06. The number of hydrogen-bond acceptors (Lipinski definition) is 2. The van der Waals surface area contributed by atoms with Gasteiger partial charge in [-0.3, -0.25) is 4.98 Å². The zero-order chi connectivity index (χ0) is 10.7. The lowest BCUT2D eigenvalue weighted by molar-refractivity contribution is 0.00367. The molecule has 1 fully saturated rings. The first kappa shape index (κ1) is 10.6. The molecule has 0 aromatic carbocycles. The Balaban J connectivity index is 2.03. The number of nitrogens with zero attached hydrogens (tertiary/aromatic N) is 1. The van der Waals surface area contributed by atoms with Gasteiger partial charge in [-0.05, 0) is 31.4 Å². The molecule has 0 amide bonds. The van der Waals surface area contributed by atoms with Crippen LogP contribution in [0.2, 0.25) is 0 Å². The fourth-order valence-electron chi connectivity index (χ4n) is 2.33. The molecule has 1 aromatic rings. The molecular formula is C13H19NO. The molecule has 15 heavy (non-hydrogen) atoms. The third kappa shape index (κ3) is 2.78. The molecule has 0 spiro atoms. The Morgan fingerprint density at radius 3 is 2.60 bits per heavy atom. The number of aromatic nitrogens is 1. The first-order chi connectivity index (χ1) is 7.18. The maximum Gasteiger partial charge on any atom is 0.0703 e. The average molecular weight is 205 g/mol. The highest BCUT2D eigenvalue weighted by atomic mass is 16.3. The lowest BCUT2D eigenvalue weighted by Crippen LogP contribution is -2.34. The molecule has 0 aliphatic heterocycles. The predicted octanol–water partition coefficient (Wildman–Crippen LogP) is 2.63. The normalized spacial score (nSPS) is 20.1. The largest absolute Gasteiger partial charge is 0.389 e. The summed E-state index contributed by atoms with van der Waals surface area (Å²) in [5, 5.41) is 10.4. The molecule has 1 N–H and O–H groups in total. The summed E-state index contributed by atoms with van der Waals surface area (Å²) in [4.78, 5) is 4.36. The van der Waals surface area contributed by atoms with Gasteiger partial charge in [0.2, 0.25) is 0 Å². The molecule has 0 atom stereocenters. The van der Waals surface area contributed by atoms with E-state index in [2.05, 4.69) is 11.1 Å². The van der Waals surface area contributed by atoms with E-state index in [1.54, 1.807) is 0 Å². The second-order valence-electron chi connectivity index (χ2n) is 4.79. The van der Waals surface area contributed by atoms with Gasteiger partial charge in [0.15, 0.2) is 0 Å². The maximum atomic E-state index is 10.4.